The van der Waals surface area contributed by atoms with Gasteiger partial charge in [-0.05, 0) is 54.5 Å². The highest BCUT2D eigenvalue weighted by atomic mass is 79.9. The summed E-state index contributed by atoms with van der Waals surface area (Å²) < 4.78 is 8.58. The fourth-order valence-corrected chi connectivity index (χ4v) is 3.58. The Morgan fingerprint density at radius 3 is 2.68 bits per heavy atom. The summed E-state index contributed by atoms with van der Waals surface area (Å²) in [5, 5.41) is 15.0. The van der Waals surface area contributed by atoms with Crippen molar-refractivity contribution in [3.05, 3.63) is 16.4 Å². The first-order chi connectivity index (χ1) is 9.00. The van der Waals surface area contributed by atoms with Gasteiger partial charge in [0.05, 0.1) is 22.0 Å². The summed E-state index contributed by atoms with van der Waals surface area (Å²) >= 11 is 3.47. The standard InChI is InChI=1S/C14H23BrN2O2/c1-4-19-14(7-5-10(2)6-8-14)13(18)12-11(15)9-16-17(12)3/h9-10,13,18H,4-8H2,1-3H3. The first-order valence-corrected chi connectivity index (χ1v) is 7.79. The Morgan fingerprint density at radius 1 is 1.58 bits per heavy atom. The molecule has 1 aliphatic carbocycles. The van der Waals surface area contributed by atoms with Crippen LogP contribution in [0.1, 0.15) is 51.3 Å². The number of aliphatic hydroxyl groups excluding tert-OH is 1. The van der Waals surface area contributed by atoms with Gasteiger partial charge in [-0.3, -0.25) is 4.68 Å². The maximum Gasteiger partial charge on any atom is 0.126 e. The van der Waals surface area contributed by atoms with Crippen LogP contribution in [0.4, 0.5) is 0 Å². The number of nitrogens with zero attached hydrogens (tertiary/aromatic N) is 2. The minimum Gasteiger partial charge on any atom is -0.384 e. The van der Waals surface area contributed by atoms with E-state index in [1.807, 2.05) is 14.0 Å². The van der Waals surface area contributed by atoms with E-state index in [9.17, 15) is 5.11 Å². The zero-order chi connectivity index (χ0) is 14.0. The second-order valence-electron chi connectivity index (χ2n) is 5.58. The Bertz CT molecular complexity index is 406. The molecule has 0 amide bonds. The molecule has 2 rings (SSSR count). The molecule has 0 aliphatic heterocycles. The van der Waals surface area contributed by atoms with Crippen LogP contribution in [0.15, 0.2) is 10.7 Å². The van der Waals surface area contributed by atoms with Crippen molar-refractivity contribution in [2.24, 2.45) is 13.0 Å². The molecule has 108 valence electrons. The third-order valence-corrected chi connectivity index (χ3v) is 4.86. The zero-order valence-corrected chi connectivity index (χ0v) is 13.5. The first kappa shape index (κ1) is 15.0. The molecule has 0 aromatic carbocycles. The number of hydrogen-bond donors (Lipinski definition) is 1. The average Bonchev–Trinajstić information content (AvgIpc) is 2.71. The van der Waals surface area contributed by atoms with E-state index < -0.39 is 11.7 Å². The summed E-state index contributed by atoms with van der Waals surface area (Å²) in [6.07, 6.45) is 5.10. The maximum atomic E-state index is 10.8. The normalized spacial score (nSPS) is 29.4. The van der Waals surface area contributed by atoms with Gasteiger partial charge < -0.3 is 9.84 Å². The lowest BCUT2D eigenvalue weighted by molar-refractivity contribution is -0.148. The predicted octanol–water partition coefficient (Wildman–Crippen LogP) is 3.20. The van der Waals surface area contributed by atoms with E-state index in [-0.39, 0.29) is 0 Å². The van der Waals surface area contributed by atoms with E-state index >= 15 is 0 Å². The maximum absolute atomic E-state index is 10.8. The Balaban J connectivity index is 2.29. The minimum absolute atomic E-state index is 0.461. The van der Waals surface area contributed by atoms with E-state index in [4.69, 9.17) is 4.74 Å². The topological polar surface area (TPSA) is 47.3 Å². The number of hydrogen-bond acceptors (Lipinski definition) is 3. The van der Waals surface area contributed by atoms with Crippen LogP contribution in [0, 0.1) is 5.92 Å². The van der Waals surface area contributed by atoms with Crippen molar-refractivity contribution in [2.75, 3.05) is 6.61 Å². The van der Waals surface area contributed by atoms with Gasteiger partial charge in [-0.2, -0.15) is 5.10 Å². The third kappa shape index (κ3) is 2.88. The molecule has 4 nitrogen and oxygen atoms in total. The molecule has 19 heavy (non-hydrogen) atoms. The molecule has 1 atom stereocenters. The van der Waals surface area contributed by atoms with E-state index in [0.717, 1.165) is 41.8 Å². The largest absolute Gasteiger partial charge is 0.384 e. The van der Waals surface area contributed by atoms with Crippen LogP contribution in [0.5, 0.6) is 0 Å². The fraction of sp³-hybridized carbons (Fsp3) is 0.786. The summed E-state index contributed by atoms with van der Waals surface area (Å²) in [5.74, 6) is 0.718. The molecule has 1 aromatic rings. The molecule has 1 N–H and O–H groups in total. The number of aryl methyl sites for hydroxylation is 1. The SMILES string of the molecule is CCOC1(C(O)c2c(Br)cnn2C)CCC(C)CC1. The Labute approximate surface area is 123 Å². The lowest BCUT2D eigenvalue weighted by Gasteiger charge is -2.42. The van der Waals surface area contributed by atoms with Gasteiger partial charge in [-0.1, -0.05) is 6.92 Å². The number of aromatic nitrogens is 2. The van der Waals surface area contributed by atoms with Gasteiger partial charge in [0, 0.05) is 13.7 Å². The van der Waals surface area contributed by atoms with Gasteiger partial charge in [-0.15, -0.1) is 0 Å². The van der Waals surface area contributed by atoms with E-state index in [1.165, 1.54) is 0 Å². The number of aliphatic hydroxyl groups is 1. The van der Waals surface area contributed by atoms with E-state index in [2.05, 4.69) is 28.0 Å². The molecular weight excluding hydrogens is 308 g/mol. The summed E-state index contributed by atoms with van der Waals surface area (Å²) in [5.41, 5.74) is 0.348. The number of rotatable bonds is 4. The van der Waals surface area contributed by atoms with Crippen LogP contribution < -0.4 is 0 Å². The molecule has 1 unspecified atom stereocenters. The molecule has 5 heteroatoms. The first-order valence-electron chi connectivity index (χ1n) is 6.99. The third-order valence-electron chi connectivity index (χ3n) is 4.25. The molecule has 1 saturated carbocycles. The van der Waals surface area contributed by atoms with Crippen LogP contribution in [-0.2, 0) is 11.8 Å². The molecule has 1 heterocycles. The van der Waals surface area contributed by atoms with Crippen molar-refractivity contribution < 1.29 is 9.84 Å². The highest BCUT2D eigenvalue weighted by Crippen LogP contribution is 2.44. The van der Waals surface area contributed by atoms with Crippen molar-refractivity contribution in [1.82, 2.24) is 9.78 Å². The van der Waals surface area contributed by atoms with Crippen LogP contribution in [-0.4, -0.2) is 27.1 Å². The minimum atomic E-state index is -0.637. The van der Waals surface area contributed by atoms with E-state index in [1.54, 1.807) is 10.9 Å². The summed E-state index contributed by atoms with van der Waals surface area (Å²) in [6.45, 7) is 4.88. The van der Waals surface area contributed by atoms with Crippen LogP contribution in [0.3, 0.4) is 0 Å². The molecular formula is C14H23BrN2O2. The van der Waals surface area contributed by atoms with Crippen LogP contribution in [0.25, 0.3) is 0 Å². The smallest absolute Gasteiger partial charge is 0.126 e. The van der Waals surface area contributed by atoms with Gasteiger partial charge >= 0.3 is 0 Å². The van der Waals surface area contributed by atoms with Crippen molar-refractivity contribution in [3.63, 3.8) is 0 Å². The molecule has 1 aliphatic rings. The van der Waals surface area contributed by atoms with Crippen molar-refractivity contribution in [2.45, 2.75) is 51.2 Å². The second-order valence-corrected chi connectivity index (χ2v) is 6.44. The van der Waals surface area contributed by atoms with Gasteiger partial charge in [0.15, 0.2) is 0 Å². The van der Waals surface area contributed by atoms with Crippen LogP contribution in [0.2, 0.25) is 0 Å². The predicted molar refractivity (Wildman–Crippen MR) is 77.9 cm³/mol. The summed E-state index contributed by atoms with van der Waals surface area (Å²) in [4.78, 5) is 0. The van der Waals surface area contributed by atoms with Gasteiger partial charge in [-0.25, -0.2) is 0 Å². The molecule has 1 fully saturated rings. The van der Waals surface area contributed by atoms with E-state index in [0.29, 0.717) is 6.61 Å². The van der Waals surface area contributed by atoms with Gasteiger partial charge in [0.1, 0.15) is 6.10 Å². The van der Waals surface area contributed by atoms with Crippen molar-refractivity contribution in [1.29, 1.82) is 0 Å². The second kappa shape index (κ2) is 5.94. The summed E-state index contributed by atoms with van der Waals surface area (Å²) in [7, 11) is 1.86. The molecule has 0 radical (unpaired) electrons. The lowest BCUT2D eigenvalue weighted by atomic mass is 9.75. The highest BCUT2D eigenvalue weighted by molar-refractivity contribution is 9.10. The van der Waals surface area contributed by atoms with Crippen molar-refractivity contribution >= 4 is 15.9 Å². The number of halogens is 1. The summed E-state index contributed by atoms with van der Waals surface area (Å²) in [6, 6.07) is 0. The quantitative estimate of drug-likeness (QED) is 0.922. The lowest BCUT2D eigenvalue weighted by Crippen LogP contribution is -2.43. The molecule has 0 saturated heterocycles. The van der Waals surface area contributed by atoms with Gasteiger partial charge in [0.25, 0.3) is 0 Å². The average molecular weight is 331 g/mol. The molecule has 0 bridgehead atoms. The fourth-order valence-electron chi connectivity index (χ4n) is 3.01. The zero-order valence-electron chi connectivity index (χ0n) is 11.9. The Kier molecular flexibility index (Phi) is 4.69. The monoisotopic (exact) mass is 330 g/mol. The number of ether oxygens (including phenoxy) is 1. The van der Waals surface area contributed by atoms with Crippen molar-refractivity contribution in [3.8, 4) is 0 Å². The molecule has 0 spiro atoms. The molecule has 1 aromatic heterocycles. The highest BCUT2D eigenvalue weighted by Gasteiger charge is 2.44. The Hall–Kier alpha value is -0.390. The van der Waals surface area contributed by atoms with Gasteiger partial charge in [0.2, 0.25) is 0 Å². The van der Waals surface area contributed by atoms with Crippen LogP contribution >= 0.6 is 15.9 Å². The Morgan fingerprint density at radius 2 is 2.21 bits per heavy atom.